The third kappa shape index (κ3) is 4.97. The van der Waals surface area contributed by atoms with Crippen LogP contribution in [-0.2, 0) is 6.42 Å². The van der Waals surface area contributed by atoms with Gasteiger partial charge in [-0.2, -0.15) is 0 Å². The predicted molar refractivity (Wildman–Crippen MR) is 104 cm³/mol. The van der Waals surface area contributed by atoms with E-state index < -0.39 is 0 Å². The first kappa shape index (κ1) is 18.2. The first-order chi connectivity index (χ1) is 12.8. The van der Waals surface area contributed by atoms with Crippen molar-refractivity contribution in [2.45, 2.75) is 32.1 Å². The lowest BCUT2D eigenvalue weighted by atomic mass is 10.1. The molecule has 0 radical (unpaired) electrons. The van der Waals surface area contributed by atoms with E-state index >= 15 is 0 Å². The summed E-state index contributed by atoms with van der Waals surface area (Å²) in [6.07, 6.45) is 7.26. The van der Waals surface area contributed by atoms with E-state index in [0.717, 1.165) is 50.3 Å². The smallest absolute Gasteiger partial charge is 0.272 e. The summed E-state index contributed by atoms with van der Waals surface area (Å²) in [4.78, 5) is 18.9. The van der Waals surface area contributed by atoms with Crippen molar-refractivity contribution in [3.8, 4) is 5.75 Å². The van der Waals surface area contributed by atoms with E-state index in [9.17, 15) is 4.79 Å². The van der Waals surface area contributed by atoms with Crippen molar-refractivity contribution < 1.29 is 9.53 Å². The topological polar surface area (TPSA) is 54.5 Å². The molecule has 1 aromatic heterocycles. The quantitative estimate of drug-likeness (QED) is 0.859. The summed E-state index contributed by atoms with van der Waals surface area (Å²) in [6.45, 7) is 2.50. The second-order valence-corrected chi connectivity index (χ2v) is 6.67. The molecule has 1 saturated heterocycles. The first-order valence-electron chi connectivity index (χ1n) is 9.38. The maximum atomic E-state index is 12.6. The van der Waals surface area contributed by atoms with Crippen LogP contribution in [0, 0.1) is 0 Å². The monoisotopic (exact) mass is 353 g/mol. The van der Waals surface area contributed by atoms with Gasteiger partial charge in [0.1, 0.15) is 11.4 Å². The molecule has 5 heteroatoms. The molecular formula is C21H27N3O2. The Morgan fingerprint density at radius 2 is 1.96 bits per heavy atom. The molecule has 26 heavy (non-hydrogen) atoms. The minimum Gasteiger partial charge on any atom is -0.497 e. The molecular weight excluding hydrogens is 326 g/mol. The number of rotatable bonds is 6. The summed E-state index contributed by atoms with van der Waals surface area (Å²) in [5.74, 6) is 0.926. The van der Waals surface area contributed by atoms with Gasteiger partial charge in [-0.3, -0.25) is 4.79 Å². The molecule has 2 aromatic rings. The van der Waals surface area contributed by atoms with Crippen molar-refractivity contribution in [1.82, 2.24) is 9.88 Å². The number of hydrogen-bond donors (Lipinski definition) is 1. The van der Waals surface area contributed by atoms with Crippen molar-refractivity contribution in [3.05, 3.63) is 53.9 Å². The van der Waals surface area contributed by atoms with Gasteiger partial charge in [-0.1, -0.05) is 25.0 Å². The standard InChI is InChI=1S/C21H27N3O2/c1-26-19-8-6-7-17(15-19)11-12-22-18-9-10-20(23-16-18)21(25)24-13-4-2-3-5-14-24/h6-10,15-16,22H,2-5,11-14H2,1H3. The van der Waals surface area contributed by atoms with Gasteiger partial charge in [0.05, 0.1) is 19.0 Å². The molecule has 0 saturated carbocycles. The van der Waals surface area contributed by atoms with Gasteiger partial charge in [0.25, 0.3) is 5.91 Å². The number of aromatic nitrogens is 1. The number of methoxy groups -OCH3 is 1. The highest BCUT2D eigenvalue weighted by Crippen LogP contribution is 2.15. The van der Waals surface area contributed by atoms with Crippen molar-refractivity contribution in [3.63, 3.8) is 0 Å². The molecule has 0 aliphatic carbocycles. The fraction of sp³-hybridized carbons (Fsp3) is 0.429. The fourth-order valence-corrected chi connectivity index (χ4v) is 3.24. The molecule has 1 amide bonds. The van der Waals surface area contributed by atoms with Gasteiger partial charge in [0.15, 0.2) is 0 Å². The van der Waals surface area contributed by atoms with Gasteiger partial charge in [0.2, 0.25) is 0 Å². The Kier molecular flexibility index (Phi) is 6.47. The van der Waals surface area contributed by atoms with Crippen LogP contribution >= 0.6 is 0 Å². The summed E-state index contributed by atoms with van der Waals surface area (Å²) in [6, 6.07) is 11.8. The molecule has 0 bridgehead atoms. The van der Waals surface area contributed by atoms with Crippen LogP contribution in [0.25, 0.3) is 0 Å². The van der Waals surface area contributed by atoms with Crippen molar-refractivity contribution in [2.75, 3.05) is 32.1 Å². The predicted octanol–water partition coefficient (Wildman–Crippen LogP) is 3.76. The van der Waals surface area contributed by atoms with Gasteiger partial charge in [-0.25, -0.2) is 4.98 Å². The lowest BCUT2D eigenvalue weighted by Crippen LogP contribution is -2.32. The molecule has 0 spiro atoms. The Labute approximate surface area is 155 Å². The Balaban J connectivity index is 1.51. The van der Waals surface area contributed by atoms with Gasteiger partial charge in [-0.15, -0.1) is 0 Å². The number of carbonyl (C=O) groups excluding carboxylic acids is 1. The molecule has 0 atom stereocenters. The Morgan fingerprint density at radius 3 is 2.65 bits per heavy atom. The number of nitrogens with zero attached hydrogens (tertiary/aromatic N) is 2. The number of anilines is 1. The number of benzene rings is 1. The first-order valence-corrected chi connectivity index (χ1v) is 9.38. The van der Waals surface area contributed by atoms with E-state index in [-0.39, 0.29) is 5.91 Å². The van der Waals surface area contributed by atoms with Crippen LogP contribution in [-0.4, -0.2) is 42.5 Å². The summed E-state index contributed by atoms with van der Waals surface area (Å²) >= 11 is 0. The van der Waals surface area contributed by atoms with Gasteiger partial charge in [-0.05, 0) is 49.1 Å². The maximum Gasteiger partial charge on any atom is 0.272 e. The van der Waals surface area contributed by atoms with Gasteiger partial charge >= 0.3 is 0 Å². The van der Waals surface area contributed by atoms with E-state index in [1.54, 1.807) is 13.3 Å². The second kappa shape index (κ2) is 9.22. The Bertz CT molecular complexity index is 707. The highest BCUT2D eigenvalue weighted by atomic mass is 16.5. The highest BCUT2D eigenvalue weighted by molar-refractivity contribution is 5.92. The zero-order valence-corrected chi connectivity index (χ0v) is 15.4. The molecule has 1 aliphatic rings. The van der Waals surface area contributed by atoms with Crippen LogP contribution in [0.2, 0.25) is 0 Å². The Hall–Kier alpha value is -2.56. The zero-order chi connectivity index (χ0) is 18.2. The molecule has 3 rings (SSSR count). The molecule has 1 fully saturated rings. The number of nitrogens with one attached hydrogen (secondary N) is 1. The molecule has 138 valence electrons. The third-order valence-corrected chi connectivity index (χ3v) is 4.75. The SMILES string of the molecule is COc1cccc(CCNc2ccc(C(=O)N3CCCCCC3)nc2)c1. The number of ether oxygens (including phenoxy) is 1. The van der Waals surface area contributed by atoms with Crippen molar-refractivity contribution in [2.24, 2.45) is 0 Å². The molecule has 2 heterocycles. The normalized spacial score (nSPS) is 14.6. The van der Waals surface area contributed by atoms with Crippen LogP contribution in [0.1, 0.15) is 41.7 Å². The van der Waals surface area contributed by atoms with E-state index in [1.807, 2.05) is 35.2 Å². The third-order valence-electron chi connectivity index (χ3n) is 4.75. The van der Waals surface area contributed by atoms with Crippen molar-refractivity contribution in [1.29, 1.82) is 0 Å². The van der Waals surface area contributed by atoms with Crippen molar-refractivity contribution >= 4 is 11.6 Å². The number of hydrogen-bond acceptors (Lipinski definition) is 4. The summed E-state index contributed by atoms with van der Waals surface area (Å²) in [5.41, 5.74) is 2.68. The average molecular weight is 353 g/mol. The maximum absolute atomic E-state index is 12.6. The Morgan fingerprint density at radius 1 is 1.15 bits per heavy atom. The van der Waals surface area contributed by atoms with E-state index in [1.165, 1.54) is 18.4 Å². The molecule has 0 unspecified atom stereocenters. The summed E-state index contributed by atoms with van der Waals surface area (Å²) in [7, 11) is 1.68. The van der Waals surface area contributed by atoms with Crippen LogP contribution in [0.15, 0.2) is 42.6 Å². The summed E-state index contributed by atoms with van der Waals surface area (Å²) < 4.78 is 5.25. The van der Waals surface area contributed by atoms with E-state index in [0.29, 0.717) is 5.69 Å². The number of carbonyl (C=O) groups is 1. The summed E-state index contributed by atoms with van der Waals surface area (Å²) in [5, 5.41) is 3.36. The van der Waals surface area contributed by atoms with Gasteiger partial charge in [0, 0.05) is 19.6 Å². The lowest BCUT2D eigenvalue weighted by molar-refractivity contribution is 0.0756. The van der Waals surface area contributed by atoms with Crippen LogP contribution in [0.3, 0.4) is 0 Å². The molecule has 1 aliphatic heterocycles. The molecule has 5 nitrogen and oxygen atoms in total. The van der Waals surface area contributed by atoms with E-state index in [2.05, 4.69) is 16.4 Å². The zero-order valence-electron chi connectivity index (χ0n) is 15.4. The molecule has 1 N–H and O–H groups in total. The van der Waals surface area contributed by atoms with Gasteiger partial charge < -0.3 is 15.0 Å². The highest BCUT2D eigenvalue weighted by Gasteiger charge is 2.18. The van der Waals surface area contributed by atoms with Crippen LogP contribution in [0.4, 0.5) is 5.69 Å². The van der Waals surface area contributed by atoms with Crippen LogP contribution in [0.5, 0.6) is 5.75 Å². The minimum absolute atomic E-state index is 0.0508. The lowest BCUT2D eigenvalue weighted by Gasteiger charge is -2.19. The number of likely N-dealkylation sites (tertiary alicyclic amines) is 1. The number of amides is 1. The minimum atomic E-state index is 0.0508. The van der Waals surface area contributed by atoms with Crippen LogP contribution < -0.4 is 10.1 Å². The fourth-order valence-electron chi connectivity index (χ4n) is 3.24. The molecule has 1 aromatic carbocycles. The largest absolute Gasteiger partial charge is 0.497 e. The van der Waals surface area contributed by atoms with E-state index in [4.69, 9.17) is 4.74 Å². The second-order valence-electron chi connectivity index (χ2n) is 6.67. The number of pyridine rings is 1. The average Bonchev–Trinajstić information content (AvgIpc) is 2.98.